The number of quaternary nitrogens is 1. The summed E-state index contributed by atoms with van der Waals surface area (Å²) in [6, 6.07) is 12.9. The summed E-state index contributed by atoms with van der Waals surface area (Å²) in [5.74, 6) is 0.810. The van der Waals surface area contributed by atoms with Crippen molar-refractivity contribution < 1.29 is 19.2 Å². The monoisotopic (exact) mass is 443 g/mol. The van der Waals surface area contributed by atoms with Crippen LogP contribution in [0.5, 0.6) is 5.75 Å². The lowest BCUT2D eigenvalue weighted by atomic mass is 9.80. The summed E-state index contributed by atoms with van der Waals surface area (Å²) in [5.41, 5.74) is 3.44. The Morgan fingerprint density at radius 2 is 1.59 bits per heavy atom. The van der Waals surface area contributed by atoms with Gasteiger partial charge in [0.15, 0.2) is 0 Å². The maximum Gasteiger partial charge on any atom is 0.269 e. The second-order valence-electron chi connectivity index (χ2n) is 11.4. The maximum atomic E-state index is 10.8. The van der Waals surface area contributed by atoms with Crippen molar-refractivity contribution in [1.82, 2.24) is 0 Å². The molecule has 2 rings (SSSR count). The highest BCUT2D eigenvalue weighted by molar-refractivity contribution is 5.43. The molecule has 0 saturated heterocycles. The van der Waals surface area contributed by atoms with E-state index in [4.69, 9.17) is 4.74 Å². The van der Waals surface area contributed by atoms with Crippen molar-refractivity contribution in [3.8, 4) is 5.75 Å². The van der Waals surface area contributed by atoms with E-state index in [1.165, 1.54) is 17.7 Å². The highest BCUT2D eigenvalue weighted by Crippen LogP contribution is 2.35. The van der Waals surface area contributed by atoms with E-state index in [9.17, 15) is 15.2 Å². The van der Waals surface area contributed by atoms with Crippen molar-refractivity contribution in [2.24, 2.45) is 0 Å². The standard InChI is InChI=1S/C26H39N2O4/c1-25(2,3)20-11-14-24(23(15-20)26(4,5)6)32-18-22(29)17-28(7,8)16-19-9-12-21(13-10-19)27(30)31/h9-15,22,29H,16-18H2,1-8H3/q+1. The van der Waals surface area contributed by atoms with E-state index >= 15 is 0 Å². The Balaban J connectivity index is 2.05. The first-order valence-electron chi connectivity index (χ1n) is 11.1. The first-order valence-corrected chi connectivity index (χ1v) is 11.1. The lowest BCUT2D eigenvalue weighted by Gasteiger charge is -2.32. The van der Waals surface area contributed by atoms with Gasteiger partial charge in [-0.3, -0.25) is 10.1 Å². The fraction of sp³-hybridized carbons (Fsp3) is 0.538. The van der Waals surface area contributed by atoms with Crippen LogP contribution in [-0.2, 0) is 17.4 Å². The number of rotatable bonds is 8. The van der Waals surface area contributed by atoms with Crippen LogP contribution in [0, 0.1) is 10.1 Å². The van der Waals surface area contributed by atoms with E-state index in [0.29, 0.717) is 17.6 Å². The second kappa shape index (κ2) is 9.59. The van der Waals surface area contributed by atoms with Gasteiger partial charge in [0.2, 0.25) is 0 Å². The molecular formula is C26H39N2O4+. The van der Waals surface area contributed by atoms with E-state index in [-0.39, 0.29) is 23.1 Å². The van der Waals surface area contributed by atoms with Gasteiger partial charge in [-0.1, -0.05) is 53.7 Å². The van der Waals surface area contributed by atoms with E-state index in [1.807, 2.05) is 20.2 Å². The van der Waals surface area contributed by atoms with Crippen LogP contribution in [0.4, 0.5) is 5.69 Å². The Bertz CT molecular complexity index is 922. The largest absolute Gasteiger partial charge is 0.490 e. The van der Waals surface area contributed by atoms with Crippen LogP contribution >= 0.6 is 0 Å². The van der Waals surface area contributed by atoms with Crippen molar-refractivity contribution in [3.63, 3.8) is 0 Å². The van der Waals surface area contributed by atoms with Crippen LogP contribution in [0.1, 0.15) is 58.2 Å². The van der Waals surface area contributed by atoms with E-state index < -0.39 is 11.0 Å². The predicted octanol–water partition coefficient (Wildman–Crippen LogP) is 5.21. The zero-order valence-corrected chi connectivity index (χ0v) is 20.8. The summed E-state index contributed by atoms with van der Waals surface area (Å²) in [6.45, 7) is 14.5. The summed E-state index contributed by atoms with van der Waals surface area (Å²) in [7, 11) is 4.06. The molecule has 1 unspecified atom stereocenters. The molecule has 0 radical (unpaired) electrons. The molecule has 0 heterocycles. The highest BCUT2D eigenvalue weighted by Gasteiger charge is 2.25. The lowest BCUT2D eigenvalue weighted by Crippen LogP contribution is -2.46. The van der Waals surface area contributed by atoms with E-state index in [0.717, 1.165) is 16.9 Å². The number of hydrogen-bond donors (Lipinski definition) is 1. The van der Waals surface area contributed by atoms with Gasteiger partial charge in [-0.15, -0.1) is 0 Å². The second-order valence-corrected chi connectivity index (χ2v) is 11.4. The molecule has 0 fully saturated rings. The number of aliphatic hydroxyl groups is 1. The fourth-order valence-corrected chi connectivity index (χ4v) is 3.80. The molecule has 1 atom stereocenters. The third-order valence-corrected chi connectivity index (χ3v) is 5.55. The summed E-state index contributed by atoms with van der Waals surface area (Å²) in [5, 5.41) is 21.5. The van der Waals surface area contributed by atoms with Gasteiger partial charge in [-0.05, 0) is 40.2 Å². The minimum atomic E-state index is -0.641. The number of non-ortho nitro benzene ring substituents is 1. The maximum absolute atomic E-state index is 10.8. The Morgan fingerprint density at radius 3 is 2.09 bits per heavy atom. The number of ether oxygens (including phenoxy) is 1. The van der Waals surface area contributed by atoms with Crippen LogP contribution in [0.3, 0.4) is 0 Å². The normalized spacial score (nSPS) is 13.7. The first kappa shape index (κ1) is 25.8. The van der Waals surface area contributed by atoms with Crippen LogP contribution in [0.2, 0.25) is 0 Å². The average Bonchev–Trinajstić information content (AvgIpc) is 2.64. The number of hydrogen-bond acceptors (Lipinski definition) is 4. The van der Waals surface area contributed by atoms with Gasteiger partial charge < -0.3 is 14.3 Å². The zero-order valence-electron chi connectivity index (χ0n) is 20.8. The van der Waals surface area contributed by atoms with Gasteiger partial charge in [-0.2, -0.15) is 0 Å². The number of benzene rings is 2. The molecule has 1 N–H and O–H groups in total. The lowest BCUT2D eigenvalue weighted by molar-refractivity contribution is -0.906. The van der Waals surface area contributed by atoms with Crippen molar-refractivity contribution in [1.29, 1.82) is 0 Å². The summed E-state index contributed by atoms with van der Waals surface area (Å²) >= 11 is 0. The number of nitro groups is 1. The Kier molecular flexibility index (Phi) is 7.74. The van der Waals surface area contributed by atoms with Gasteiger partial charge in [0.1, 0.15) is 31.5 Å². The Hall–Kier alpha value is -2.44. The topological polar surface area (TPSA) is 72.6 Å². The SMILES string of the molecule is CC(C)(C)c1ccc(OCC(O)C[N+](C)(C)Cc2ccc([N+](=O)[O-])cc2)c(C(C)(C)C)c1. The number of aliphatic hydroxyl groups excluding tert-OH is 1. The molecule has 0 aromatic heterocycles. The molecule has 0 saturated carbocycles. The van der Waals surface area contributed by atoms with Crippen LogP contribution < -0.4 is 4.74 Å². The molecule has 6 heteroatoms. The predicted molar refractivity (Wildman–Crippen MR) is 129 cm³/mol. The van der Waals surface area contributed by atoms with Crippen LogP contribution in [0.25, 0.3) is 0 Å². The van der Waals surface area contributed by atoms with E-state index in [1.54, 1.807) is 12.1 Å². The van der Waals surface area contributed by atoms with E-state index in [2.05, 4.69) is 53.7 Å². The fourth-order valence-electron chi connectivity index (χ4n) is 3.80. The summed E-state index contributed by atoms with van der Waals surface area (Å²) in [4.78, 5) is 10.4. The van der Waals surface area contributed by atoms with Gasteiger partial charge in [0.05, 0.1) is 19.0 Å². The van der Waals surface area contributed by atoms with Crippen molar-refractivity contribution in [2.75, 3.05) is 27.2 Å². The molecule has 0 aliphatic rings. The summed E-state index contributed by atoms with van der Waals surface area (Å²) in [6.07, 6.45) is -0.641. The Morgan fingerprint density at radius 1 is 1.00 bits per heavy atom. The zero-order chi connectivity index (χ0) is 24.3. The molecule has 0 spiro atoms. The molecule has 2 aromatic rings. The molecular weight excluding hydrogens is 404 g/mol. The molecule has 176 valence electrons. The minimum absolute atomic E-state index is 0.0530. The van der Waals surface area contributed by atoms with Crippen molar-refractivity contribution in [2.45, 2.75) is 65.0 Å². The molecule has 32 heavy (non-hydrogen) atoms. The van der Waals surface area contributed by atoms with Gasteiger partial charge >= 0.3 is 0 Å². The summed E-state index contributed by atoms with van der Waals surface area (Å²) < 4.78 is 6.64. The smallest absolute Gasteiger partial charge is 0.269 e. The van der Waals surface area contributed by atoms with Gasteiger partial charge in [-0.25, -0.2) is 0 Å². The molecule has 2 aromatic carbocycles. The first-order chi connectivity index (χ1) is 14.6. The number of nitro benzene ring substituents is 1. The Labute approximate surface area is 192 Å². The number of nitrogens with zero attached hydrogens (tertiary/aromatic N) is 2. The van der Waals surface area contributed by atoms with Gasteiger partial charge in [0, 0.05) is 17.7 Å². The molecule has 6 nitrogen and oxygen atoms in total. The minimum Gasteiger partial charge on any atom is -0.490 e. The highest BCUT2D eigenvalue weighted by atomic mass is 16.6. The molecule has 0 bridgehead atoms. The third kappa shape index (κ3) is 7.31. The third-order valence-electron chi connectivity index (χ3n) is 5.55. The number of likely N-dealkylation sites (N-methyl/N-ethyl adjacent to an activating group) is 1. The molecule has 0 aliphatic carbocycles. The van der Waals surface area contributed by atoms with Crippen molar-refractivity contribution >= 4 is 5.69 Å². The van der Waals surface area contributed by atoms with Gasteiger partial charge in [0.25, 0.3) is 5.69 Å². The average molecular weight is 444 g/mol. The molecule has 0 aliphatic heterocycles. The molecule has 0 amide bonds. The van der Waals surface area contributed by atoms with Crippen molar-refractivity contribution in [3.05, 3.63) is 69.3 Å². The van der Waals surface area contributed by atoms with Crippen LogP contribution in [-0.4, -0.2) is 47.9 Å². The van der Waals surface area contributed by atoms with Crippen LogP contribution in [0.15, 0.2) is 42.5 Å². The quantitative estimate of drug-likeness (QED) is 0.345.